The van der Waals surface area contributed by atoms with Crippen LogP contribution in [-0.2, 0) is 19.0 Å². The van der Waals surface area contributed by atoms with E-state index >= 15 is 0 Å². The Bertz CT molecular complexity index is 833. The number of amides is 2. The van der Waals surface area contributed by atoms with Crippen molar-refractivity contribution in [3.05, 3.63) is 42.0 Å². The van der Waals surface area contributed by atoms with Crippen LogP contribution in [0.3, 0.4) is 0 Å². The molecule has 0 unspecified atom stereocenters. The molecule has 0 atom stereocenters. The van der Waals surface area contributed by atoms with Crippen molar-refractivity contribution >= 4 is 22.8 Å². The smallest absolute Gasteiger partial charge is 0.407 e. The SMILES string of the molecule is NC(=O)COC(=O)NCCC[C@H]1OC[C@H](c2cccc3cc(O)ccc32)CO1. The number of fused-ring (bicyclic) bond motifs is 1. The van der Waals surface area contributed by atoms with E-state index in [1.165, 1.54) is 0 Å². The van der Waals surface area contributed by atoms with E-state index in [1.54, 1.807) is 12.1 Å². The number of carbonyl (C=O) groups excluding carboxylic acids is 2. The number of hydrogen-bond donors (Lipinski definition) is 3. The number of benzene rings is 2. The number of phenols is 1. The molecule has 0 spiro atoms. The molecule has 1 aliphatic heterocycles. The maximum Gasteiger partial charge on any atom is 0.407 e. The van der Waals surface area contributed by atoms with Crippen LogP contribution in [0.25, 0.3) is 10.8 Å². The summed E-state index contributed by atoms with van der Waals surface area (Å²) in [5, 5.41) is 14.2. The van der Waals surface area contributed by atoms with Crippen LogP contribution < -0.4 is 11.1 Å². The Morgan fingerprint density at radius 1 is 1.21 bits per heavy atom. The first kappa shape index (κ1) is 19.9. The molecule has 0 bridgehead atoms. The summed E-state index contributed by atoms with van der Waals surface area (Å²) in [7, 11) is 0. The van der Waals surface area contributed by atoms with Gasteiger partial charge in [-0.1, -0.05) is 24.3 Å². The molecule has 0 radical (unpaired) electrons. The van der Waals surface area contributed by atoms with Gasteiger partial charge in [-0.25, -0.2) is 4.79 Å². The van der Waals surface area contributed by atoms with Gasteiger partial charge in [-0.15, -0.1) is 0 Å². The number of primary amides is 1. The van der Waals surface area contributed by atoms with E-state index < -0.39 is 18.6 Å². The number of alkyl carbamates (subject to hydrolysis) is 1. The van der Waals surface area contributed by atoms with E-state index in [2.05, 4.69) is 16.1 Å². The highest BCUT2D eigenvalue weighted by Gasteiger charge is 2.24. The van der Waals surface area contributed by atoms with Crippen LogP contribution >= 0.6 is 0 Å². The number of ether oxygens (including phenoxy) is 3. The number of nitrogens with one attached hydrogen (secondary N) is 1. The molecule has 8 heteroatoms. The topological polar surface area (TPSA) is 120 Å². The molecule has 2 aromatic carbocycles. The van der Waals surface area contributed by atoms with Crippen molar-refractivity contribution in [2.45, 2.75) is 25.0 Å². The summed E-state index contributed by atoms with van der Waals surface area (Å²) >= 11 is 0. The first-order valence-electron chi connectivity index (χ1n) is 9.16. The van der Waals surface area contributed by atoms with Gasteiger partial charge >= 0.3 is 6.09 Å². The molecule has 3 rings (SSSR count). The number of aromatic hydroxyl groups is 1. The fourth-order valence-electron chi connectivity index (χ4n) is 3.19. The van der Waals surface area contributed by atoms with Crippen LogP contribution in [0.4, 0.5) is 4.79 Å². The highest BCUT2D eigenvalue weighted by molar-refractivity contribution is 5.87. The summed E-state index contributed by atoms with van der Waals surface area (Å²) in [6, 6.07) is 11.3. The van der Waals surface area contributed by atoms with Crippen molar-refractivity contribution < 1.29 is 28.9 Å². The van der Waals surface area contributed by atoms with Gasteiger partial charge < -0.3 is 30.4 Å². The van der Waals surface area contributed by atoms with Crippen molar-refractivity contribution in [2.75, 3.05) is 26.4 Å². The Balaban J connectivity index is 1.43. The molecule has 1 fully saturated rings. The Hall–Kier alpha value is -2.84. The second kappa shape index (κ2) is 9.38. The van der Waals surface area contributed by atoms with Crippen LogP contribution in [0.1, 0.15) is 24.3 Å². The second-order valence-corrected chi connectivity index (χ2v) is 6.66. The standard InChI is InChI=1S/C20H24N2O6/c21-18(24)12-28-20(25)22-8-2-5-19-26-10-14(11-27-19)16-4-1-3-13-9-15(23)6-7-17(13)16/h1,3-4,6-7,9,14,19,23H,2,5,8,10-12H2,(H2,21,24)(H,22,25)/t14-,19-. The van der Waals surface area contributed by atoms with Crippen molar-refractivity contribution in [1.82, 2.24) is 5.32 Å². The van der Waals surface area contributed by atoms with Gasteiger partial charge in [-0.2, -0.15) is 0 Å². The van der Waals surface area contributed by atoms with Crippen LogP contribution in [0.2, 0.25) is 0 Å². The molecule has 0 aliphatic carbocycles. The first-order valence-corrected chi connectivity index (χ1v) is 9.16. The summed E-state index contributed by atoms with van der Waals surface area (Å²) in [5.41, 5.74) is 6.03. The van der Waals surface area contributed by atoms with Crippen LogP contribution in [-0.4, -0.2) is 49.8 Å². The molecule has 4 N–H and O–H groups in total. The molecule has 2 aromatic rings. The summed E-state index contributed by atoms with van der Waals surface area (Å²) in [6.07, 6.45) is 0.283. The molecule has 0 saturated carbocycles. The average molecular weight is 388 g/mol. The van der Waals surface area contributed by atoms with Gasteiger partial charge in [0.15, 0.2) is 12.9 Å². The zero-order valence-electron chi connectivity index (χ0n) is 15.4. The Labute approximate surface area is 162 Å². The predicted octanol–water partition coefficient (Wildman–Crippen LogP) is 1.99. The lowest BCUT2D eigenvalue weighted by Crippen LogP contribution is -2.33. The number of rotatable bonds is 7. The minimum absolute atomic E-state index is 0.117. The van der Waals surface area contributed by atoms with E-state index in [1.807, 2.05) is 18.2 Å². The van der Waals surface area contributed by atoms with Gasteiger partial charge in [0.05, 0.1) is 13.2 Å². The van der Waals surface area contributed by atoms with Crippen LogP contribution in [0.15, 0.2) is 36.4 Å². The summed E-state index contributed by atoms with van der Waals surface area (Å²) in [5.74, 6) is -0.337. The Morgan fingerprint density at radius 3 is 2.75 bits per heavy atom. The normalized spacial score (nSPS) is 19.3. The lowest BCUT2D eigenvalue weighted by Gasteiger charge is -2.30. The zero-order valence-corrected chi connectivity index (χ0v) is 15.4. The molecule has 28 heavy (non-hydrogen) atoms. The van der Waals surface area contributed by atoms with Crippen LogP contribution in [0, 0.1) is 0 Å². The molecule has 1 heterocycles. The van der Waals surface area contributed by atoms with Gasteiger partial charge in [-0.3, -0.25) is 4.79 Å². The first-order chi connectivity index (χ1) is 13.5. The average Bonchev–Trinajstić information content (AvgIpc) is 2.69. The van der Waals surface area contributed by atoms with Gasteiger partial charge in [-0.05, 0) is 34.9 Å². The van der Waals surface area contributed by atoms with Gasteiger partial charge in [0.25, 0.3) is 5.91 Å². The third-order valence-electron chi connectivity index (χ3n) is 4.54. The van der Waals surface area contributed by atoms with Crippen molar-refractivity contribution in [3.8, 4) is 5.75 Å². The zero-order chi connectivity index (χ0) is 19.9. The Morgan fingerprint density at radius 2 is 2.00 bits per heavy atom. The minimum atomic E-state index is -0.697. The molecular formula is C20H24N2O6. The van der Waals surface area contributed by atoms with Crippen molar-refractivity contribution in [1.29, 1.82) is 0 Å². The highest BCUT2D eigenvalue weighted by Crippen LogP contribution is 2.31. The minimum Gasteiger partial charge on any atom is -0.508 e. The summed E-state index contributed by atoms with van der Waals surface area (Å²) in [6.45, 7) is 1.03. The molecule has 1 aliphatic rings. The van der Waals surface area contributed by atoms with E-state index in [0.29, 0.717) is 32.6 Å². The van der Waals surface area contributed by atoms with Gasteiger partial charge in [0, 0.05) is 18.9 Å². The molecule has 0 aromatic heterocycles. The third kappa shape index (κ3) is 5.34. The monoisotopic (exact) mass is 388 g/mol. The van der Waals surface area contributed by atoms with Crippen molar-refractivity contribution in [3.63, 3.8) is 0 Å². The number of nitrogens with two attached hydrogens (primary N) is 1. The van der Waals surface area contributed by atoms with Gasteiger partial charge in [0.1, 0.15) is 5.75 Å². The predicted molar refractivity (Wildman–Crippen MR) is 102 cm³/mol. The fourth-order valence-corrected chi connectivity index (χ4v) is 3.19. The molecule has 2 amide bonds. The van der Waals surface area contributed by atoms with E-state index in [0.717, 1.165) is 16.3 Å². The third-order valence-corrected chi connectivity index (χ3v) is 4.54. The summed E-state index contributed by atoms with van der Waals surface area (Å²) in [4.78, 5) is 21.8. The molecular weight excluding hydrogens is 364 g/mol. The molecule has 8 nitrogen and oxygen atoms in total. The highest BCUT2D eigenvalue weighted by atomic mass is 16.7. The van der Waals surface area contributed by atoms with E-state index in [-0.39, 0.29) is 18.0 Å². The van der Waals surface area contributed by atoms with Crippen LogP contribution in [0.5, 0.6) is 5.75 Å². The van der Waals surface area contributed by atoms with Crippen molar-refractivity contribution in [2.24, 2.45) is 5.73 Å². The maximum absolute atomic E-state index is 11.3. The largest absolute Gasteiger partial charge is 0.508 e. The molecule has 150 valence electrons. The van der Waals surface area contributed by atoms with E-state index in [4.69, 9.17) is 15.2 Å². The number of carbonyl (C=O) groups is 2. The number of hydrogen-bond acceptors (Lipinski definition) is 6. The maximum atomic E-state index is 11.3. The fraction of sp³-hybridized carbons (Fsp3) is 0.400. The van der Waals surface area contributed by atoms with E-state index in [9.17, 15) is 14.7 Å². The lowest BCUT2D eigenvalue weighted by atomic mass is 9.94. The van der Waals surface area contributed by atoms with Gasteiger partial charge in [0.2, 0.25) is 0 Å². The number of phenolic OH excluding ortho intramolecular Hbond substituents is 1. The molecule has 1 saturated heterocycles. The lowest BCUT2D eigenvalue weighted by molar-refractivity contribution is -0.189. The quantitative estimate of drug-likeness (QED) is 0.624. The summed E-state index contributed by atoms with van der Waals surface area (Å²) < 4.78 is 16.3. The second-order valence-electron chi connectivity index (χ2n) is 6.66. The Kier molecular flexibility index (Phi) is 6.67.